The molecule has 1 N–H and O–H groups in total. The number of nitrogens with zero attached hydrogens (tertiary/aromatic N) is 2. The van der Waals surface area contributed by atoms with Gasteiger partial charge >= 0.3 is 0 Å². The van der Waals surface area contributed by atoms with Crippen LogP contribution in [0.15, 0.2) is 94.7 Å². The number of anilines is 1. The van der Waals surface area contributed by atoms with E-state index in [4.69, 9.17) is 0 Å². The van der Waals surface area contributed by atoms with Gasteiger partial charge in [0, 0.05) is 25.3 Å². The summed E-state index contributed by atoms with van der Waals surface area (Å²) in [5, 5.41) is 2.78. The molecule has 1 saturated heterocycles. The first kappa shape index (κ1) is 24.1. The lowest BCUT2D eigenvalue weighted by molar-refractivity contribution is -0.120. The maximum atomic E-state index is 13.4. The number of aryl methyl sites for hydroxylation is 1. The van der Waals surface area contributed by atoms with Gasteiger partial charge in [-0.05, 0) is 42.8 Å². The second-order valence-corrected chi connectivity index (χ2v) is 11.8. The number of amides is 1. The molecule has 0 spiro atoms. The first-order valence-electron chi connectivity index (χ1n) is 10.7. The number of nitrogens with one attached hydrogen (secondary N) is 1. The third-order valence-corrected chi connectivity index (χ3v) is 9.53. The van der Waals surface area contributed by atoms with Gasteiger partial charge in [0.25, 0.3) is 0 Å². The summed E-state index contributed by atoms with van der Waals surface area (Å²) in [6, 6.07) is 21.6. The van der Waals surface area contributed by atoms with Crippen molar-refractivity contribution in [3.63, 3.8) is 0 Å². The van der Waals surface area contributed by atoms with E-state index in [1.54, 1.807) is 48.5 Å². The second kappa shape index (κ2) is 9.67. The zero-order valence-electron chi connectivity index (χ0n) is 18.5. The van der Waals surface area contributed by atoms with E-state index in [0.29, 0.717) is 5.69 Å². The van der Waals surface area contributed by atoms with Gasteiger partial charge in [-0.25, -0.2) is 16.8 Å². The first-order chi connectivity index (χ1) is 16.2. The Kier molecular flexibility index (Phi) is 6.85. The lowest BCUT2D eigenvalue weighted by Crippen LogP contribution is -2.60. The molecule has 1 fully saturated rings. The fraction of sp³-hybridized carbons (Fsp3) is 0.208. The van der Waals surface area contributed by atoms with Crippen LogP contribution in [0.1, 0.15) is 5.56 Å². The van der Waals surface area contributed by atoms with E-state index in [1.807, 2.05) is 19.1 Å². The highest BCUT2D eigenvalue weighted by atomic mass is 32.2. The summed E-state index contributed by atoms with van der Waals surface area (Å²) >= 11 is 0. The van der Waals surface area contributed by atoms with Crippen molar-refractivity contribution in [1.82, 2.24) is 8.61 Å². The van der Waals surface area contributed by atoms with Crippen LogP contribution in [0.25, 0.3) is 0 Å². The molecule has 4 rings (SSSR count). The monoisotopic (exact) mass is 499 g/mol. The SMILES string of the molecule is Cc1ccccc1NC(=O)C1CN(S(=O)(=O)c2ccccc2)CCN1S(=O)(=O)c1ccccc1. The summed E-state index contributed by atoms with van der Waals surface area (Å²) in [5.74, 6) is -0.596. The van der Waals surface area contributed by atoms with Crippen molar-refractivity contribution in [3.8, 4) is 0 Å². The molecule has 1 heterocycles. The normalized spacial score (nSPS) is 17.9. The van der Waals surface area contributed by atoms with Gasteiger partial charge in [0.15, 0.2) is 0 Å². The molecule has 8 nitrogen and oxygen atoms in total. The van der Waals surface area contributed by atoms with Crippen LogP contribution in [0.3, 0.4) is 0 Å². The van der Waals surface area contributed by atoms with E-state index in [0.717, 1.165) is 9.87 Å². The topological polar surface area (TPSA) is 104 Å². The second-order valence-electron chi connectivity index (χ2n) is 7.92. The molecule has 1 amide bonds. The van der Waals surface area contributed by atoms with Crippen LogP contribution in [-0.2, 0) is 24.8 Å². The third-order valence-electron chi connectivity index (χ3n) is 5.73. The molecule has 0 radical (unpaired) electrons. The van der Waals surface area contributed by atoms with Gasteiger partial charge in [-0.2, -0.15) is 8.61 Å². The highest BCUT2D eigenvalue weighted by Crippen LogP contribution is 2.26. The van der Waals surface area contributed by atoms with Crippen molar-refractivity contribution in [1.29, 1.82) is 0 Å². The Morgan fingerprint density at radius 3 is 1.88 bits per heavy atom. The summed E-state index contributed by atoms with van der Waals surface area (Å²) in [4.78, 5) is 13.5. The van der Waals surface area contributed by atoms with E-state index in [2.05, 4.69) is 5.32 Å². The zero-order valence-corrected chi connectivity index (χ0v) is 20.2. The Labute approximate surface area is 199 Å². The molecule has 10 heteroatoms. The smallest absolute Gasteiger partial charge is 0.244 e. The Morgan fingerprint density at radius 2 is 1.29 bits per heavy atom. The van der Waals surface area contributed by atoms with Crippen molar-refractivity contribution >= 4 is 31.6 Å². The third kappa shape index (κ3) is 4.76. The minimum absolute atomic E-state index is 0.0445. The van der Waals surface area contributed by atoms with Crippen molar-refractivity contribution in [2.24, 2.45) is 0 Å². The van der Waals surface area contributed by atoms with Gasteiger partial charge in [0.05, 0.1) is 9.79 Å². The van der Waals surface area contributed by atoms with E-state index in [9.17, 15) is 21.6 Å². The molecule has 34 heavy (non-hydrogen) atoms. The summed E-state index contributed by atoms with van der Waals surface area (Å²) in [5.41, 5.74) is 1.34. The zero-order chi connectivity index (χ0) is 24.3. The van der Waals surface area contributed by atoms with Crippen LogP contribution in [0.5, 0.6) is 0 Å². The van der Waals surface area contributed by atoms with Crippen LogP contribution in [0, 0.1) is 6.92 Å². The Balaban J connectivity index is 1.70. The molecular weight excluding hydrogens is 474 g/mol. The number of carbonyl (C=O) groups excluding carboxylic acids is 1. The van der Waals surface area contributed by atoms with Crippen LogP contribution in [0.4, 0.5) is 5.69 Å². The number of hydrogen-bond donors (Lipinski definition) is 1. The average Bonchev–Trinajstić information content (AvgIpc) is 2.86. The molecule has 178 valence electrons. The molecule has 3 aromatic rings. The lowest BCUT2D eigenvalue weighted by Gasteiger charge is -2.39. The highest BCUT2D eigenvalue weighted by Gasteiger charge is 2.43. The van der Waals surface area contributed by atoms with E-state index < -0.39 is 32.0 Å². The average molecular weight is 500 g/mol. The van der Waals surface area contributed by atoms with Crippen LogP contribution >= 0.6 is 0 Å². The van der Waals surface area contributed by atoms with Gasteiger partial charge in [-0.15, -0.1) is 0 Å². The van der Waals surface area contributed by atoms with Crippen LogP contribution < -0.4 is 5.32 Å². The van der Waals surface area contributed by atoms with Crippen molar-refractivity contribution < 1.29 is 21.6 Å². The summed E-state index contributed by atoms with van der Waals surface area (Å²) in [7, 11) is -7.95. The summed E-state index contributed by atoms with van der Waals surface area (Å²) in [6.07, 6.45) is 0. The minimum atomic E-state index is -4.04. The predicted molar refractivity (Wildman–Crippen MR) is 129 cm³/mol. The van der Waals surface area contributed by atoms with Crippen molar-refractivity contribution in [3.05, 3.63) is 90.5 Å². The van der Waals surface area contributed by atoms with Crippen LogP contribution in [-0.4, -0.2) is 57.0 Å². The maximum absolute atomic E-state index is 13.4. The number of piperazine rings is 1. The van der Waals surface area contributed by atoms with Gasteiger partial charge in [0.2, 0.25) is 26.0 Å². The number of hydrogen-bond acceptors (Lipinski definition) is 5. The Bertz CT molecular complexity index is 1380. The number of rotatable bonds is 6. The standard InChI is InChI=1S/C24H25N3O5S2/c1-19-10-8-9-15-22(19)25-24(28)23-18-26(33(29,30)20-11-4-2-5-12-20)16-17-27(23)34(31,32)21-13-6-3-7-14-21/h2-15,23H,16-18H2,1H3,(H,25,28). The lowest BCUT2D eigenvalue weighted by atomic mass is 10.1. The van der Waals surface area contributed by atoms with Gasteiger partial charge in [-0.1, -0.05) is 54.6 Å². The molecule has 0 bridgehead atoms. The number of carbonyl (C=O) groups is 1. The van der Waals surface area contributed by atoms with Crippen LogP contribution in [0.2, 0.25) is 0 Å². The predicted octanol–water partition coefficient (Wildman–Crippen LogP) is 2.70. The summed E-state index contributed by atoms with van der Waals surface area (Å²) in [6.45, 7) is 1.29. The maximum Gasteiger partial charge on any atom is 0.244 e. The Morgan fingerprint density at radius 1 is 0.765 bits per heavy atom. The quantitative estimate of drug-likeness (QED) is 0.562. The van der Waals surface area contributed by atoms with E-state index in [-0.39, 0.29) is 29.4 Å². The molecule has 3 aromatic carbocycles. The van der Waals surface area contributed by atoms with E-state index in [1.165, 1.54) is 28.6 Å². The van der Waals surface area contributed by atoms with Crippen molar-refractivity contribution in [2.45, 2.75) is 22.8 Å². The number of sulfonamides is 2. The molecule has 1 atom stereocenters. The first-order valence-corrected chi connectivity index (χ1v) is 13.6. The summed E-state index contributed by atoms with van der Waals surface area (Å²) < 4.78 is 55.6. The molecule has 1 aliphatic heterocycles. The van der Waals surface area contributed by atoms with E-state index >= 15 is 0 Å². The van der Waals surface area contributed by atoms with Gasteiger partial charge < -0.3 is 5.32 Å². The fourth-order valence-corrected chi connectivity index (χ4v) is 6.91. The number of para-hydroxylation sites is 1. The minimum Gasteiger partial charge on any atom is -0.324 e. The molecule has 0 aliphatic carbocycles. The number of benzene rings is 3. The fourth-order valence-electron chi connectivity index (χ4n) is 3.86. The highest BCUT2D eigenvalue weighted by molar-refractivity contribution is 7.89. The van der Waals surface area contributed by atoms with Gasteiger partial charge in [-0.3, -0.25) is 4.79 Å². The molecular formula is C24H25N3O5S2. The van der Waals surface area contributed by atoms with Gasteiger partial charge in [0.1, 0.15) is 6.04 Å². The van der Waals surface area contributed by atoms with Crippen molar-refractivity contribution in [2.75, 3.05) is 25.0 Å². The Hall–Kier alpha value is -3.05. The molecule has 0 saturated carbocycles. The molecule has 1 aliphatic rings. The molecule has 0 aromatic heterocycles. The molecule has 1 unspecified atom stereocenters. The largest absolute Gasteiger partial charge is 0.324 e.